The van der Waals surface area contributed by atoms with Crippen molar-refractivity contribution in [2.45, 2.75) is 13.0 Å². The van der Waals surface area contributed by atoms with Gasteiger partial charge >= 0.3 is 0 Å². The van der Waals surface area contributed by atoms with Crippen LogP contribution in [0.4, 0.5) is 11.5 Å². The van der Waals surface area contributed by atoms with Crippen LogP contribution in [0.1, 0.15) is 17.4 Å². The maximum atomic E-state index is 12.4. The lowest BCUT2D eigenvalue weighted by Gasteiger charge is -2.09. The number of hydrogen-bond acceptors (Lipinski definition) is 6. The minimum absolute atomic E-state index is 0.0973. The summed E-state index contributed by atoms with van der Waals surface area (Å²) in [6.45, 7) is 2.25. The second-order valence-corrected chi connectivity index (χ2v) is 8.05. The van der Waals surface area contributed by atoms with E-state index in [1.54, 1.807) is 12.4 Å². The Morgan fingerprint density at radius 2 is 1.88 bits per heavy atom. The van der Waals surface area contributed by atoms with Gasteiger partial charge in [0, 0.05) is 52.7 Å². The zero-order chi connectivity index (χ0) is 23.5. The fraction of sp³-hybridized carbons (Fsp3) is 0.120. The van der Waals surface area contributed by atoms with Crippen LogP contribution >= 0.6 is 0 Å². The number of aromatic nitrogens is 5. The van der Waals surface area contributed by atoms with Crippen LogP contribution in [0.15, 0.2) is 73.2 Å². The molecule has 0 unspecified atom stereocenters. The molecular formula is C25H24N8O. The van der Waals surface area contributed by atoms with Gasteiger partial charge in [-0.05, 0) is 42.8 Å². The predicted octanol–water partition coefficient (Wildman–Crippen LogP) is 3.84. The molecule has 0 aliphatic rings. The highest BCUT2D eigenvalue weighted by Gasteiger charge is 2.13. The molecule has 0 saturated heterocycles. The Labute approximate surface area is 195 Å². The van der Waals surface area contributed by atoms with Gasteiger partial charge in [0.25, 0.3) is 5.91 Å². The van der Waals surface area contributed by atoms with E-state index in [9.17, 15) is 4.79 Å². The Morgan fingerprint density at radius 1 is 1.06 bits per heavy atom. The minimum atomic E-state index is -0.183. The van der Waals surface area contributed by atoms with Gasteiger partial charge in [-0.25, -0.2) is 9.97 Å². The first-order valence-electron chi connectivity index (χ1n) is 10.9. The average molecular weight is 453 g/mol. The number of nitrogens with one attached hydrogen (secondary N) is 4. The van der Waals surface area contributed by atoms with Crippen LogP contribution in [-0.4, -0.2) is 43.6 Å². The van der Waals surface area contributed by atoms with Gasteiger partial charge in [-0.2, -0.15) is 5.10 Å². The van der Waals surface area contributed by atoms with Gasteiger partial charge < -0.3 is 21.4 Å². The Bertz CT molecular complexity index is 1420. The summed E-state index contributed by atoms with van der Waals surface area (Å²) in [5.41, 5.74) is 10.8. The monoisotopic (exact) mass is 452 g/mol. The quantitative estimate of drug-likeness (QED) is 0.254. The molecule has 0 aliphatic heterocycles. The van der Waals surface area contributed by atoms with E-state index in [1.165, 1.54) is 0 Å². The molecule has 1 atom stereocenters. The van der Waals surface area contributed by atoms with E-state index in [-0.39, 0.29) is 11.9 Å². The van der Waals surface area contributed by atoms with Crippen LogP contribution in [0.5, 0.6) is 0 Å². The van der Waals surface area contributed by atoms with Crippen LogP contribution in [0, 0.1) is 0 Å². The normalized spacial score (nSPS) is 11.9. The molecule has 3 aromatic heterocycles. The number of anilines is 2. The summed E-state index contributed by atoms with van der Waals surface area (Å²) in [5, 5.41) is 13.9. The third kappa shape index (κ3) is 4.50. The predicted molar refractivity (Wildman–Crippen MR) is 133 cm³/mol. The third-order valence-corrected chi connectivity index (χ3v) is 5.50. The van der Waals surface area contributed by atoms with Gasteiger partial charge in [0.15, 0.2) is 5.82 Å². The van der Waals surface area contributed by atoms with Crippen LogP contribution < -0.4 is 16.4 Å². The molecular weight excluding hydrogens is 428 g/mol. The highest BCUT2D eigenvalue weighted by Crippen LogP contribution is 2.25. The van der Waals surface area contributed by atoms with Crippen molar-refractivity contribution in [2.75, 3.05) is 11.9 Å². The Morgan fingerprint density at radius 3 is 2.65 bits per heavy atom. The average Bonchev–Trinajstić information content (AvgIpc) is 3.54. The second kappa shape index (κ2) is 9.16. The van der Waals surface area contributed by atoms with E-state index in [0.29, 0.717) is 23.9 Å². The first kappa shape index (κ1) is 21.4. The topological polar surface area (TPSA) is 137 Å². The van der Waals surface area contributed by atoms with Crippen molar-refractivity contribution in [2.24, 2.45) is 5.73 Å². The Balaban J connectivity index is 1.35. The number of carbonyl (C=O) groups is 1. The number of amides is 1. The van der Waals surface area contributed by atoms with E-state index >= 15 is 0 Å². The largest absolute Gasteiger partial charge is 0.351 e. The van der Waals surface area contributed by atoms with E-state index in [4.69, 9.17) is 5.73 Å². The number of rotatable bonds is 7. The third-order valence-electron chi connectivity index (χ3n) is 5.50. The zero-order valence-corrected chi connectivity index (χ0v) is 18.5. The van der Waals surface area contributed by atoms with Gasteiger partial charge in [-0.15, -0.1) is 0 Å². The molecule has 0 fully saturated rings. The molecule has 0 saturated carbocycles. The Hall–Kier alpha value is -4.50. The van der Waals surface area contributed by atoms with Crippen molar-refractivity contribution >= 4 is 28.3 Å². The van der Waals surface area contributed by atoms with Crippen molar-refractivity contribution < 1.29 is 4.79 Å². The lowest BCUT2D eigenvalue weighted by Crippen LogP contribution is -2.37. The van der Waals surface area contributed by atoms with Crippen molar-refractivity contribution in [1.29, 1.82) is 0 Å². The van der Waals surface area contributed by atoms with Crippen molar-refractivity contribution in [1.82, 2.24) is 30.5 Å². The fourth-order valence-electron chi connectivity index (χ4n) is 3.62. The summed E-state index contributed by atoms with van der Waals surface area (Å²) in [6.07, 6.45) is 5.36. The van der Waals surface area contributed by atoms with Crippen LogP contribution in [0.25, 0.3) is 33.4 Å². The molecule has 9 heteroatoms. The highest BCUT2D eigenvalue weighted by molar-refractivity contribution is 5.98. The number of nitrogens with zero attached hydrogens (tertiary/aromatic N) is 3. The van der Waals surface area contributed by atoms with Crippen molar-refractivity contribution in [3.05, 3.63) is 78.9 Å². The standard InChI is InChI=1S/C25H24N8O/c1-15(12-26)30-25(34)22-10-17-2-3-18(11-21(17)32-22)24-27-9-8-23(33-24)31-20-6-4-16(5-7-20)19-13-28-29-14-19/h2-11,13-15,32H,12,26H2,1H3,(H,28,29)(H,30,34)(H,27,31,33)/t15-/m1/s1. The van der Waals surface area contributed by atoms with E-state index in [0.717, 1.165) is 33.3 Å². The van der Waals surface area contributed by atoms with Crippen LogP contribution in [0.3, 0.4) is 0 Å². The summed E-state index contributed by atoms with van der Waals surface area (Å²) >= 11 is 0. The van der Waals surface area contributed by atoms with E-state index in [1.807, 2.05) is 67.7 Å². The summed E-state index contributed by atoms with van der Waals surface area (Å²) in [5.74, 6) is 1.08. The van der Waals surface area contributed by atoms with Gasteiger partial charge in [-0.1, -0.05) is 24.3 Å². The molecule has 2 aromatic carbocycles. The molecule has 34 heavy (non-hydrogen) atoms. The molecule has 0 aliphatic carbocycles. The number of carbonyl (C=O) groups excluding carboxylic acids is 1. The minimum Gasteiger partial charge on any atom is -0.351 e. The number of nitrogens with two attached hydrogens (primary N) is 1. The molecule has 5 aromatic rings. The number of benzene rings is 2. The second-order valence-electron chi connectivity index (χ2n) is 8.05. The van der Waals surface area contributed by atoms with Gasteiger partial charge in [0.1, 0.15) is 11.5 Å². The maximum absolute atomic E-state index is 12.4. The number of hydrogen-bond donors (Lipinski definition) is 5. The SMILES string of the molecule is C[C@H](CN)NC(=O)c1cc2ccc(-c3nccc(Nc4ccc(-c5cn[nH]c5)cc4)n3)cc2[nH]1. The molecule has 0 bridgehead atoms. The van der Waals surface area contributed by atoms with Crippen LogP contribution in [0.2, 0.25) is 0 Å². The highest BCUT2D eigenvalue weighted by atomic mass is 16.1. The van der Waals surface area contributed by atoms with E-state index in [2.05, 4.69) is 35.8 Å². The number of fused-ring (bicyclic) bond motifs is 1. The summed E-state index contributed by atoms with van der Waals surface area (Å²) in [7, 11) is 0. The smallest absolute Gasteiger partial charge is 0.267 e. The fourth-order valence-corrected chi connectivity index (χ4v) is 3.62. The summed E-state index contributed by atoms with van der Waals surface area (Å²) < 4.78 is 0. The van der Waals surface area contributed by atoms with Gasteiger partial charge in [-0.3, -0.25) is 9.89 Å². The molecule has 3 heterocycles. The first-order valence-corrected chi connectivity index (χ1v) is 10.9. The lowest BCUT2D eigenvalue weighted by atomic mass is 10.1. The molecule has 9 nitrogen and oxygen atoms in total. The number of H-pyrrole nitrogens is 2. The first-order chi connectivity index (χ1) is 16.6. The van der Waals surface area contributed by atoms with Gasteiger partial charge in [0.05, 0.1) is 6.20 Å². The lowest BCUT2D eigenvalue weighted by molar-refractivity contribution is 0.0937. The Kier molecular flexibility index (Phi) is 5.75. The van der Waals surface area contributed by atoms with Crippen LogP contribution in [-0.2, 0) is 0 Å². The van der Waals surface area contributed by atoms with Crippen molar-refractivity contribution in [3.8, 4) is 22.5 Å². The molecule has 5 rings (SSSR count). The van der Waals surface area contributed by atoms with Gasteiger partial charge in [0.2, 0.25) is 0 Å². The molecule has 0 radical (unpaired) electrons. The maximum Gasteiger partial charge on any atom is 0.267 e. The molecule has 170 valence electrons. The molecule has 6 N–H and O–H groups in total. The summed E-state index contributed by atoms with van der Waals surface area (Å²) in [6, 6.07) is 17.4. The van der Waals surface area contributed by atoms with E-state index < -0.39 is 0 Å². The number of aromatic amines is 2. The zero-order valence-electron chi connectivity index (χ0n) is 18.5. The summed E-state index contributed by atoms with van der Waals surface area (Å²) in [4.78, 5) is 24.7. The van der Waals surface area contributed by atoms with Crippen molar-refractivity contribution in [3.63, 3.8) is 0 Å². The molecule has 0 spiro atoms. The molecule has 1 amide bonds.